The Bertz CT molecular complexity index is 866. The quantitative estimate of drug-likeness (QED) is 0.803. The third-order valence-electron chi connectivity index (χ3n) is 3.51. The average molecular weight is 303 g/mol. The molecule has 5 nitrogen and oxygen atoms in total. The summed E-state index contributed by atoms with van der Waals surface area (Å²) in [4.78, 5) is 12.2. The summed E-state index contributed by atoms with van der Waals surface area (Å²) >= 11 is 6.20. The van der Waals surface area contributed by atoms with Crippen LogP contribution < -0.4 is 11.3 Å². The van der Waals surface area contributed by atoms with Crippen LogP contribution in [0, 0.1) is 0 Å². The molecule has 3 rings (SSSR count). The van der Waals surface area contributed by atoms with E-state index in [1.54, 1.807) is 12.1 Å². The van der Waals surface area contributed by atoms with Gasteiger partial charge < -0.3 is 10.3 Å². The van der Waals surface area contributed by atoms with E-state index < -0.39 is 0 Å². The molecule has 0 atom stereocenters. The molecule has 108 valence electrons. The first-order valence-electron chi connectivity index (χ1n) is 6.65. The molecule has 0 unspecified atom stereocenters. The van der Waals surface area contributed by atoms with E-state index in [9.17, 15) is 4.79 Å². The molecule has 0 fully saturated rings. The molecular formula is C15H15ClN4O. The average Bonchev–Trinajstić information content (AvgIpc) is 2.91. The van der Waals surface area contributed by atoms with Crippen LogP contribution in [0.25, 0.3) is 16.9 Å². The Morgan fingerprint density at radius 2 is 2.05 bits per heavy atom. The minimum absolute atomic E-state index is 0.162. The van der Waals surface area contributed by atoms with Gasteiger partial charge in [-0.25, -0.2) is 0 Å². The molecule has 3 aromatic rings. The zero-order valence-corrected chi connectivity index (χ0v) is 12.3. The van der Waals surface area contributed by atoms with Gasteiger partial charge in [-0.2, -0.15) is 9.61 Å². The van der Waals surface area contributed by atoms with Crippen LogP contribution in [0.15, 0.2) is 41.2 Å². The molecule has 0 saturated heterocycles. The molecule has 0 bridgehead atoms. The molecule has 0 amide bonds. The van der Waals surface area contributed by atoms with Crippen LogP contribution in [0.4, 0.5) is 0 Å². The first-order chi connectivity index (χ1) is 10.1. The fraction of sp³-hybridized carbons (Fsp3) is 0.200. The summed E-state index contributed by atoms with van der Waals surface area (Å²) in [5.74, 6) is 0. The van der Waals surface area contributed by atoms with Crippen LogP contribution in [0.2, 0.25) is 5.02 Å². The van der Waals surface area contributed by atoms with Gasteiger partial charge in [-0.3, -0.25) is 4.79 Å². The number of rotatable bonds is 3. The third-order valence-corrected chi connectivity index (χ3v) is 3.84. The minimum atomic E-state index is -0.162. The summed E-state index contributed by atoms with van der Waals surface area (Å²) in [6.45, 7) is 0.495. The number of fused-ring (bicyclic) bond motifs is 1. The standard InChI is InChI=1S/C15H15ClN4O/c1-19-10(6-7-17)8-15(21)20-14(19)9-13(18-20)11-4-2-3-5-12(11)16/h2-5,8-9H,6-7,17H2,1H3. The Kier molecular flexibility index (Phi) is 3.53. The number of aromatic nitrogens is 3. The van der Waals surface area contributed by atoms with Gasteiger partial charge in [0.25, 0.3) is 5.56 Å². The molecule has 2 aromatic heterocycles. The molecule has 0 spiro atoms. The van der Waals surface area contributed by atoms with Gasteiger partial charge in [-0.15, -0.1) is 0 Å². The second kappa shape index (κ2) is 5.35. The van der Waals surface area contributed by atoms with Gasteiger partial charge in [-0.05, 0) is 12.6 Å². The number of benzene rings is 1. The van der Waals surface area contributed by atoms with Crippen molar-refractivity contribution < 1.29 is 0 Å². The maximum Gasteiger partial charge on any atom is 0.274 e. The Hall–Kier alpha value is -2.11. The molecule has 2 heterocycles. The molecular weight excluding hydrogens is 288 g/mol. The Labute approximate surface area is 126 Å². The van der Waals surface area contributed by atoms with Crippen molar-refractivity contribution in [3.8, 4) is 11.3 Å². The fourth-order valence-corrected chi connectivity index (χ4v) is 2.64. The highest BCUT2D eigenvalue weighted by Gasteiger charge is 2.12. The van der Waals surface area contributed by atoms with E-state index in [1.807, 2.05) is 35.9 Å². The molecule has 0 aliphatic carbocycles. The van der Waals surface area contributed by atoms with Crippen LogP contribution in [0.3, 0.4) is 0 Å². The second-order valence-electron chi connectivity index (χ2n) is 4.85. The SMILES string of the molecule is Cn1c(CCN)cc(=O)n2nc(-c3ccccc3Cl)cc12. The lowest BCUT2D eigenvalue weighted by atomic mass is 10.1. The highest BCUT2D eigenvalue weighted by Crippen LogP contribution is 2.26. The van der Waals surface area contributed by atoms with Crippen LogP contribution in [0.1, 0.15) is 5.69 Å². The topological polar surface area (TPSA) is 65.3 Å². The predicted octanol–water partition coefficient (Wildman–Crippen LogP) is 1.85. The maximum atomic E-state index is 12.2. The van der Waals surface area contributed by atoms with Crippen molar-refractivity contribution in [2.75, 3.05) is 6.54 Å². The summed E-state index contributed by atoms with van der Waals surface area (Å²) in [6.07, 6.45) is 0.648. The number of aryl methyl sites for hydroxylation is 1. The Morgan fingerprint density at radius 3 is 2.76 bits per heavy atom. The summed E-state index contributed by atoms with van der Waals surface area (Å²) in [5.41, 5.74) is 8.52. The second-order valence-corrected chi connectivity index (χ2v) is 5.26. The summed E-state index contributed by atoms with van der Waals surface area (Å²) in [5, 5.41) is 4.98. The Balaban J connectivity index is 2.25. The van der Waals surface area contributed by atoms with Gasteiger partial charge in [0, 0.05) is 36.9 Å². The lowest BCUT2D eigenvalue weighted by Gasteiger charge is -2.08. The molecule has 6 heteroatoms. The third kappa shape index (κ3) is 2.34. The predicted molar refractivity (Wildman–Crippen MR) is 83.6 cm³/mol. The van der Waals surface area contributed by atoms with E-state index >= 15 is 0 Å². The first kappa shape index (κ1) is 13.9. The number of hydrogen-bond donors (Lipinski definition) is 1. The van der Waals surface area contributed by atoms with E-state index in [-0.39, 0.29) is 5.56 Å². The summed E-state index contributed by atoms with van der Waals surface area (Å²) in [7, 11) is 1.90. The van der Waals surface area contributed by atoms with Crippen LogP contribution in [0.5, 0.6) is 0 Å². The zero-order chi connectivity index (χ0) is 15.0. The largest absolute Gasteiger partial charge is 0.333 e. The van der Waals surface area contributed by atoms with Crippen molar-refractivity contribution in [2.24, 2.45) is 12.8 Å². The number of hydrogen-bond acceptors (Lipinski definition) is 3. The highest BCUT2D eigenvalue weighted by atomic mass is 35.5. The van der Waals surface area contributed by atoms with Gasteiger partial charge in [0.15, 0.2) is 0 Å². The van der Waals surface area contributed by atoms with Gasteiger partial charge >= 0.3 is 0 Å². The molecule has 0 aliphatic heterocycles. The van der Waals surface area contributed by atoms with Gasteiger partial charge in [0.2, 0.25) is 0 Å². The van der Waals surface area contributed by atoms with Gasteiger partial charge in [0.1, 0.15) is 5.65 Å². The highest BCUT2D eigenvalue weighted by molar-refractivity contribution is 6.33. The van der Waals surface area contributed by atoms with Crippen molar-refractivity contribution in [1.82, 2.24) is 14.2 Å². The van der Waals surface area contributed by atoms with E-state index in [0.717, 1.165) is 16.9 Å². The number of nitrogens with zero attached hydrogens (tertiary/aromatic N) is 3. The van der Waals surface area contributed by atoms with Crippen molar-refractivity contribution in [2.45, 2.75) is 6.42 Å². The molecule has 21 heavy (non-hydrogen) atoms. The number of nitrogens with two attached hydrogens (primary N) is 1. The van der Waals surface area contributed by atoms with E-state index in [2.05, 4.69) is 5.10 Å². The monoisotopic (exact) mass is 302 g/mol. The molecule has 1 aromatic carbocycles. The van der Waals surface area contributed by atoms with E-state index in [1.165, 1.54) is 4.52 Å². The Morgan fingerprint density at radius 1 is 1.29 bits per heavy atom. The van der Waals surface area contributed by atoms with Crippen molar-refractivity contribution >= 4 is 17.2 Å². The zero-order valence-electron chi connectivity index (χ0n) is 11.6. The van der Waals surface area contributed by atoms with Crippen LogP contribution in [-0.4, -0.2) is 20.7 Å². The number of halogens is 1. The van der Waals surface area contributed by atoms with Crippen molar-refractivity contribution in [3.05, 3.63) is 57.5 Å². The first-order valence-corrected chi connectivity index (χ1v) is 7.03. The van der Waals surface area contributed by atoms with Crippen molar-refractivity contribution in [1.29, 1.82) is 0 Å². The molecule has 0 aliphatic rings. The van der Waals surface area contributed by atoms with Gasteiger partial charge in [0.05, 0.1) is 10.7 Å². The maximum absolute atomic E-state index is 12.2. The van der Waals surface area contributed by atoms with Crippen LogP contribution in [-0.2, 0) is 13.5 Å². The van der Waals surface area contributed by atoms with E-state index in [0.29, 0.717) is 23.7 Å². The van der Waals surface area contributed by atoms with E-state index in [4.69, 9.17) is 17.3 Å². The van der Waals surface area contributed by atoms with Crippen molar-refractivity contribution in [3.63, 3.8) is 0 Å². The minimum Gasteiger partial charge on any atom is -0.333 e. The summed E-state index contributed by atoms with van der Waals surface area (Å²) in [6, 6.07) is 10.9. The summed E-state index contributed by atoms with van der Waals surface area (Å²) < 4.78 is 3.32. The van der Waals surface area contributed by atoms with Gasteiger partial charge in [-0.1, -0.05) is 29.8 Å². The lowest BCUT2D eigenvalue weighted by molar-refractivity contribution is 0.757. The lowest BCUT2D eigenvalue weighted by Crippen LogP contribution is -2.21. The fourth-order valence-electron chi connectivity index (χ4n) is 2.41. The molecule has 0 saturated carbocycles. The molecule has 2 N–H and O–H groups in total. The van der Waals surface area contributed by atoms with Crippen LogP contribution >= 0.6 is 11.6 Å². The normalized spacial score (nSPS) is 11.2. The molecule has 0 radical (unpaired) electrons. The smallest absolute Gasteiger partial charge is 0.274 e.